The number of piperidine rings is 1. The minimum absolute atomic E-state index is 0.0482. The zero-order valence-corrected chi connectivity index (χ0v) is 15.9. The molecule has 2 fully saturated rings. The molecule has 1 amide bonds. The van der Waals surface area contributed by atoms with Crippen LogP contribution in [-0.2, 0) is 11.8 Å². The fourth-order valence-corrected chi connectivity index (χ4v) is 4.27. The Kier molecular flexibility index (Phi) is 5.09. The lowest BCUT2D eigenvalue weighted by atomic mass is 9.96. The highest BCUT2D eigenvalue weighted by atomic mass is 16.2. The summed E-state index contributed by atoms with van der Waals surface area (Å²) in [6, 6.07) is 3.69. The number of amides is 1. The number of aromatic nitrogens is 3. The highest BCUT2D eigenvalue weighted by Crippen LogP contribution is 2.23. The fourth-order valence-electron chi connectivity index (χ4n) is 4.27. The van der Waals surface area contributed by atoms with Gasteiger partial charge in [0.1, 0.15) is 5.52 Å². The summed E-state index contributed by atoms with van der Waals surface area (Å²) < 4.78 is 1.55. The zero-order valence-electron chi connectivity index (χ0n) is 15.9. The number of likely N-dealkylation sites (tertiary alicyclic amines) is 1. The van der Waals surface area contributed by atoms with Gasteiger partial charge in [-0.15, -0.1) is 0 Å². The molecule has 2 saturated heterocycles. The average molecular weight is 369 g/mol. The van der Waals surface area contributed by atoms with E-state index in [4.69, 9.17) is 0 Å². The molecule has 27 heavy (non-hydrogen) atoms. The van der Waals surface area contributed by atoms with Crippen molar-refractivity contribution in [1.29, 1.82) is 0 Å². The third-order valence-corrected chi connectivity index (χ3v) is 5.79. The molecule has 0 saturated carbocycles. The van der Waals surface area contributed by atoms with Gasteiger partial charge in [-0.3, -0.25) is 14.2 Å². The van der Waals surface area contributed by atoms with Gasteiger partial charge < -0.3 is 9.80 Å². The molecule has 2 aliphatic heterocycles. The van der Waals surface area contributed by atoms with Gasteiger partial charge in [0.15, 0.2) is 11.5 Å². The van der Waals surface area contributed by atoms with Crippen molar-refractivity contribution in [3.63, 3.8) is 0 Å². The molecule has 4 heterocycles. The number of hydrogen-bond acceptors (Lipinski definition) is 5. The predicted molar refractivity (Wildman–Crippen MR) is 105 cm³/mol. The monoisotopic (exact) mass is 369 g/mol. The Bertz CT molecular complexity index is 886. The van der Waals surface area contributed by atoms with Crippen molar-refractivity contribution in [1.82, 2.24) is 19.4 Å². The smallest absolute Gasteiger partial charge is 0.294 e. The van der Waals surface area contributed by atoms with E-state index in [2.05, 4.69) is 9.97 Å². The van der Waals surface area contributed by atoms with Crippen LogP contribution in [0.15, 0.2) is 23.1 Å². The van der Waals surface area contributed by atoms with Crippen LogP contribution in [-0.4, -0.2) is 51.5 Å². The lowest BCUT2D eigenvalue weighted by molar-refractivity contribution is -0.135. The van der Waals surface area contributed by atoms with Crippen molar-refractivity contribution >= 4 is 22.9 Å². The highest BCUT2D eigenvalue weighted by molar-refractivity contribution is 5.80. The maximum atomic E-state index is 13.0. The Morgan fingerprint density at radius 1 is 1.11 bits per heavy atom. The second-order valence-electron chi connectivity index (χ2n) is 7.67. The molecule has 1 unspecified atom stereocenters. The first kappa shape index (κ1) is 17.9. The van der Waals surface area contributed by atoms with E-state index in [9.17, 15) is 9.59 Å². The largest absolute Gasteiger partial charge is 0.351 e. The topological polar surface area (TPSA) is 71.3 Å². The van der Waals surface area contributed by atoms with E-state index in [1.54, 1.807) is 17.8 Å². The minimum Gasteiger partial charge on any atom is -0.351 e. The molecule has 0 aliphatic carbocycles. The number of pyridine rings is 1. The first-order chi connectivity index (χ1) is 13.1. The Hall–Kier alpha value is -2.44. The number of carbonyl (C=O) groups excluding carboxylic acids is 1. The van der Waals surface area contributed by atoms with Gasteiger partial charge in [0.25, 0.3) is 5.56 Å². The van der Waals surface area contributed by atoms with E-state index in [1.807, 2.05) is 21.9 Å². The molecular weight excluding hydrogens is 342 g/mol. The van der Waals surface area contributed by atoms with Crippen LogP contribution >= 0.6 is 0 Å². The number of carbonyl (C=O) groups is 1. The van der Waals surface area contributed by atoms with Crippen LogP contribution in [0.2, 0.25) is 0 Å². The molecule has 7 nitrogen and oxygen atoms in total. The Morgan fingerprint density at radius 2 is 1.89 bits per heavy atom. The zero-order chi connectivity index (χ0) is 18.8. The second-order valence-corrected chi connectivity index (χ2v) is 7.67. The third-order valence-electron chi connectivity index (χ3n) is 5.79. The molecule has 7 heteroatoms. The number of fused-ring (bicyclic) bond motifs is 1. The molecule has 0 aromatic carbocycles. The van der Waals surface area contributed by atoms with Crippen LogP contribution in [0.1, 0.15) is 38.5 Å². The van der Waals surface area contributed by atoms with Gasteiger partial charge in [-0.1, -0.05) is 12.8 Å². The quantitative estimate of drug-likeness (QED) is 0.809. The van der Waals surface area contributed by atoms with E-state index >= 15 is 0 Å². The van der Waals surface area contributed by atoms with Gasteiger partial charge in [-0.05, 0) is 37.8 Å². The van der Waals surface area contributed by atoms with E-state index in [0.717, 1.165) is 45.3 Å². The average Bonchev–Trinajstić information content (AvgIpc) is 3.00. The van der Waals surface area contributed by atoms with Crippen molar-refractivity contribution in [2.24, 2.45) is 13.0 Å². The van der Waals surface area contributed by atoms with Gasteiger partial charge >= 0.3 is 0 Å². The van der Waals surface area contributed by atoms with Gasteiger partial charge in [-0.2, -0.15) is 0 Å². The van der Waals surface area contributed by atoms with Crippen LogP contribution in [0.3, 0.4) is 0 Å². The Balaban J connectivity index is 1.58. The molecule has 2 aliphatic rings. The Morgan fingerprint density at radius 3 is 2.67 bits per heavy atom. The van der Waals surface area contributed by atoms with E-state index < -0.39 is 0 Å². The van der Waals surface area contributed by atoms with Gasteiger partial charge in [0.2, 0.25) is 5.91 Å². The number of rotatable bonds is 2. The van der Waals surface area contributed by atoms with Crippen molar-refractivity contribution in [3.05, 3.63) is 28.7 Å². The number of hydrogen-bond donors (Lipinski definition) is 0. The summed E-state index contributed by atoms with van der Waals surface area (Å²) in [5, 5.41) is 0. The normalized spacial score (nSPS) is 21.3. The van der Waals surface area contributed by atoms with Crippen LogP contribution in [0.25, 0.3) is 11.2 Å². The molecule has 2 aromatic heterocycles. The summed E-state index contributed by atoms with van der Waals surface area (Å²) in [6.45, 7) is 3.08. The highest BCUT2D eigenvalue weighted by Gasteiger charge is 2.31. The molecule has 2 aromatic rings. The van der Waals surface area contributed by atoms with Crippen LogP contribution in [0, 0.1) is 5.92 Å². The maximum absolute atomic E-state index is 13.0. The minimum atomic E-state index is -0.149. The summed E-state index contributed by atoms with van der Waals surface area (Å²) in [5.41, 5.74) is 1.14. The number of aryl methyl sites for hydroxylation is 1. The summed E-state index contributed by atoms with van der Waals surface area (Å²) in [7, 11) is 1.73. The van der Waals surface area contributed by atoms with Gasteiger partial charge in [0.05, 0.1) is 5.92 Å². The molecule has 0 radical (unpaired) electrons. The fraction of sp³-hybridized carbons (Fsp3) is 0.600. The van der Waals surface area contributed by atoms with E-state index in [0.29, 0.717) is 23.5 Å². The number of nitrogens with zero attached hydrogens (tertiary/aromatic N) is 5. The molecule has 0 bridgehead atoms. The molecule has 0 spiro atoms. The summed E-state index contributed by atoms with van der Waals surface area (Å²) in [4.78, 5) is 38.7. The first-order valence-electron chi connectivity index (χ1n) is 10.0. The van der Waals surface area contributed by atoms with Crippen molar-refractivity contribution in [2.45, 2.75) is 38.5 Å². The van der Waals surface area contributed by atoms with E-state index in [-0.39, 0.29) is 17.4 Å². The molecular formula is C20H27N5O2. The lowest BCUT2D eigenvalue weighted by Gasteiger charge is -2.35. The third kappa shape index (κ3) is 3.55. The predicted octanol–water partition coefficient (Wildman–Crippen LogP) is 1.95. The summed E-state index contributed by atoms with van der Waals surface area (Å²) in [5.74, 6) is 0.639. The van der Waals surface area contributed by atoms with Crippen molar-refractivity contribution in [2.75, 3.05) is 31.1 Å². The van der Waals surface area contributed by atoms with Gasteiger partial charge in [-0.25, -0.2) is 9.97 Å². The van der Waals surface area contributed by atoms with Crippen LogP contribution in [0.5, 0.6) is 0 Å². The second kappa shape index (κ2) is 7.66. The molecule has 4 rings (SSSR count). The molecule has 0 N–H and O–H groups in total. The number of anilines is 1. The molecule has 1 atom stereocenters. The van der Waals surface area contributed by atoms with E-state index in [1.165, 1.54) is 12.8 Å². The van der Waals surface area contributed by atoms with Crippen LogP contribution < -0.4 is 10.5 Å². The standard InChI is InChI=1S/C20H27N5O2/c1-23-17-16(9-6-10-21-17)22-18(20(23)27)25-13-7-8-15(14-25)19(26)24-11-4-2-3-5-12-24/h6,9-10,15H,2-5,7-8,11-14H2,1H3. The lowest BCUT2D eigenvalue weighted by Crippen LogP contribution is -2.47. The van der Waals surface area contributed by atoms with Crippen molar-refractivity contribution in [3.8, 4) is 0 Å². The Labute approximate surface area is 159 Å². The summed E-state index contributed by atoms with van der Waals surface area (Å²) in [6.07, 6.45) is 8.09. The van der Waals surface area contributed by atoms with Crippen molar-refractivity contribution < 1.29 is 4.79 Å². The SMILES string of the molecule is Cn1c(=O)c(N2CCCC(C(=O)N3CCCCCC3)C2)nc2cccnc21. The van der Waals surface area contributed by atoms with Crippen LogP contribution in [0.4, 0.5) is 5.82 Å². The first-order valence-corrected chi connectivity index (χ1v) is 10.0. The van der Waals surface area contributed by atoms with Gasteiger partial charge in [0, 0.05) is 39.4 Å². The molecule has 144 valence electrons. The maximum Gasteiger partial charge on any atom is 0.294 e. The summed E-state index contributed by atoms with van der Waals surface area (Å²) >= 11 is 0.